The lowest BCUT2D eigenvalue weighted by atomic mass is 10.1. The third-order valence-electron chi connectivity index (χ3n) is 2.06. The van der Waals surface area contributed by atoms with Crippen LogP contribution in [0.15, 0.2) is 12.1 Å². The smallest absolute Gasteiger partial charge is 0.266 e. The van der Waals surface area contributed by atoms with Crippen LogP contribution in [-0.4, -0.2) is 20.0 Å². The van der Waals surface area contributed by atoms with Gasteiger partial charge < -0.3 is 9.47 Å². The molecule has 1 aromatic carbocycles. The largest absolute Gasteiger partial charge is 0.496 e. The minimum atomic E-state index is -0.634. The molecular formula is C11H11NO3. The van der Waals surface area contributed by atoms with Crippen LogP contribution < -0.4 is 9.47 Å². The predicted octanol–water partition coefficient (Wildman–Crippen LogP) is 1.72. The number of ketones is 1. The summed E-state index contributed by atoms with van der Waals surface area (Å²) in [5.74, 6) is 0.319. The van der Waals surface area contributed by atoms with Gasteiger partial charge in [-0.25, -0.2) is 0 Å². The Bertz CT molecular complexity index is 432. The molecule has 0 saturated heterocycles. The van der Waals surface area contributed by atoms with Crippen molar-refractivity contribution in [3.8, 4) is 17.6 Å². The zero-order valence-electron chi connectivity index (χ0n) is 8.83. The van der Waals surface area contributed by atoms with Gasteiger partial charge in [-0.2, -0.15) is 5.26 Å². The number of rotatable bonds is 3. The topological polar surface area (TPSA) is 59.3 Å². The summed E-state index contributed by atoms with van der Waals surface area (Å²) in [6.45, 7) is 1.84. The van der Waals surface area contributed by atoms with Crippen LogP contribution in [0.3, 0.4) is 0 Å². The molecule has 78 valence electrons. The van der Waals surface area contributed by atoms with Crippen molar-refractivity contribution in [3.05, 3.63) is 23.3 Å². The van der Waals surface area contributed by atoms with Crippen LogP contribution in [0.25, 0.3) is 0 Å². The fourth-order valence-electron chi connectivity index (χ4n) is 1.29. The Morgan fingerprint density at radius 1 is 1.27 bits per heavy atom. The average Bonchev–Trinajstić information content (AvgIpc) is 2.27. The van der Waals surface area contributed by atoms with E-state index in [0.717, 1.165) is 5.56 Å². The molecule has 0 unspecified atom stereocenters. The molecule has 4 heteroatoms. The van der Waals surface area contributed by atoms with E-state index in [0.29, 0.717) is 11.5 Å². The molecular weight excluding hydrogens is 194 g/mol. The summed E-state index contributed by atoms with van der Waals surface area (Å²) >= 11 is 0. The standard InChI is InChI=1S/C11H11NO3/c1-7-4-11(15-3)8(9(13)6-12)5-10(7)14-2/h4-5H,1-3H3. The van der Waals surface area contributed by atoms with Crippen LogP contribution in [0.2, 0.25) is 0 Å². The summed E-state index contributed by atoms with van der Waals surface area (Å²) in [5.41, 5.74) is 1.08. The molecule has 0 N–H and O–H groups in total. The van der Waals surface area contributed by atoms with Crippen molar-refractivity contribution in [1.29, 1.82) is 5.26 Å². The second kappa shape index (κ2) is 4.47. The number of hydrogen-bond donors (Lipinski definition) is 0. The summed E-state index contributed by atoms with van der Waals surface area (Å²) < 4.78 is 10.1. The second-order valence-corrected chi connectivity index (χ2v) is 2.96. The highest BCUT2D eigenvalue weighted by Gasteiger charge is 2.14. The quantitative estimate of drug-likeness (QED) is 0.556. The molecule has 15 heavy (non-hydrogen) atoms. The van der Waals surface area contributed by atoms with E-state index in [2.05, 4.69) is 0 Å². The molecule has 0 aliphatic rings. The Labute approximate surface area is 88.0 Å². The van der Waals surface area contributed by atoms with Crippen LogP contribution in [0.4, 0.5) is 0 Å². The van der Waals surface area contributed by atoms with E-state index >= 15 is 0 Å². The first-order chi connectivity index (χ1) is 7.13. The minimum Gasteiger partial charge on any atom is -0.496 e. The molecule has 0 aliphatic heterocycles. The minimum absolute atomic E-state index is 0.224. The predicted molar refractivity (Wildman–Crippen MR) is 54.2 cm³/mol. The summed E-state index contributed by atoms with van der Waals surface area (Å²) in [4.78, 5) is 11.3. The highest BCUT2D eigenvalue weighted by Crippen LogP contribution is 2.28. The van der Waals surface area contributed by atoms with Crippen molar-refractivity contribution in [2.24, 2.45) is 0 Å². The number of carbonyl (C=O) groups is 1. The maximum absolute atomic E-state index is 11.3. The summed E-state index contributed by atoms with van der Waals surface area (Å²) in [5, 5.41) is 8.55. The van der Waals surface area contributed by atoms with Crippen LogP contribution in [0, 0.1) is 18.3 Å². The van der Waals surface area contributed by atoms with Gasteiger partial charge in [-0.15, -0.1) is 0 Å². The van der Waals surface area contributed by atoms with Gasteiger partial charge in [0, 0.05) is 0 Å². The third-order valence-corrected chi connectivity index (χ3v) is 2.06. The van der Waals surface area contributed by atoms with Gasteiger partial charge in [-0.1, -0.05) is 0 Å². The molecule has 0 bridgehead atoms. The highest BCUT2D eigenvalue weighted by molar-refractivity contribution is 6.09. The SMILES string of the molecule is COc1cc(C(=O)C#N)c(OC)cc1C. The van der Waals surface area contributed by atoms with Gasteiger partial charge in [0.05, 0.1) is 19.8 Å². The summed E-state index contributed by atoms with van der Waals surface area (Å²) in [7, 11) is 2.96. The average molecular weight is 205 g/mol. The van der Waals surface area contributed by atoms with Gasteiger partial charge in [-0.3, -0.25) is 4.79 Å². The number of methoxy groups -OCH3 is 2. The molecule has 0 aromatic heterocycles. The number of nitrogens with zero attached hydrogens (tertiary/aromatic N) is 1. The van der Waals surface area contributed by atoms with Gasteiger partial charge >= 0.3 is 0 Å². The first-order valence-electron chi connectivity index (χ1n) is 4.31. The lowest BCUT2D eigenvalue weighted by Crippen LogP contribution is -2.01. The molecule has 1 rings (SSSR count). The van der Waals surface area contributed by atoms with Crippen molar-refractivity contribution in [3.63, 3.8) is 0 Å². The maximum atomic E-state index is 11.3. The normalized spacial score (nSPS) is 9.20. The van der Waals surface area contributed by atoms with Crippen LogP contribution in [0.1, 0.15) is 15.9 Å². The zero-order valence-corrected chi connectivity index (χ0v) is 8.83. The molecule has 0 radical (unpaired) electrons. The summed E-state index contributed by atoms with van der Waals surface area (Å²) in [6, 6.07) is 4.74. The van der Waals surface area contributed by atoms with Crippen molar-refractivity contribution < 1.29 is 14.3 Å². The molecule has 0 atom stereocenters. The van der Waals surface area contributed by atoms with Gasteiger partial charge in [0.15, 0.2) is 0 Å². The molecule has 0 spiro atoms. The second-order valence-electron chi connectivity index (χ2n) is 2.96. The van der Waals surface area contributed by atoms with Gasteiger partial charge in [0.2, 0.25) is 0 Å². The number of aryl methyl sites for hydroxylation is 1. The number of hydrogen-bond acceptors (Lipinski definition) is 4. The van der Waals surface area contributed by atoms with Gasteiger partial charge in [0.1, 0.15) is 17.6 Å². The monoisotopic (exact) mass is 205 g/mol. The lowest BCUT2D eigenvalue weighted by molar-refractivity contribution is 0.105. The van der Waals surface area contributed by atoms with Crippen LogP contribution >= 0.6 is 0 Å². The van der Waals surface area contributed by atoms with E-state index in [9.17, 15) is 4.79 Å². The van der Waals surface area contributed by atoms with E-state index in [1.54, 1.807) is 12.1 Å². The van der Waals surface area contributed by atoms with Crippen molar-refractivity contribution in [2.45, 2.75) is 6.92 Å². The lowest BCUT2D eigenvalue weighted by Gasteiger charge is -2.09. The van der Waals surface area contributed by atoms with Gasteiger partial charge in [0.25, 0.3) is 5.78 Å². The van der Waals surface area contributed by atoms with E-state index < -0.39 is 5.78 Å². The number of benzene rings is 1. The molecule has 1 aromatic rings. The van der Waals surface area contributed by atoms with Crippen molar-refractivity contribution >= 4 is 5.78 Å². The van der Waals surface area contributed by atoms with E-state index in [1.807, 2.05) is 6.92 Å². The zero-order chi connectivity index (χ0) is 11.4. The van der Waals surface area contributed by atoms with E-state index in [1.165, 1.54) is 20.3 Å². The van der Waals surface area contributed by atoms with Crippen LogP contribution in [0.5, 0.6) is 11.5 Å². The molecule has 0 fully saturated rings. The Hall–Kier alpha value is -2.02. The van der Waals surface area contributed by atoms with Crippen molar-refractivity contribution in [2.75, 3.05) is 14.2 Å². The fourth-order valence-corrected chi connectivity index (χ4v) is 1.29. The van der Waals surface area contributed by atoms with E-state index in [4.69, 9.17) is 14.7 Å². The Balaban J connectivity index is 3.36. The van der Waals surface area contributed by atoms with Crippen molar-refractivity contribution in [1.82, 2.24) is 0 Å². The Morgan fingerprint density at radius 3 is 2.33 bits per heavy atom. The molecule has 0 aliphatic carbocycles. The number of carbonyl (C=O) groups excluding carboxylic acids is 1. The first-order valence-corrected chi connectivity index (χ1v) is 4.31. The third kappa shape index (κ3) is 2.08. The molecule has 4 nitrogen and oxygen atoms in total. The molecule has 0 amide bonds. The number of ether oxygens (including phenoxy) is 2. The Morgan fingerprint density at radius 2 is 1.87 bits per heavy atom. The van der Waals surface area contributed by atoms with Crippen LogP contribution in [-0.2, 0) is 0 Å². The van der Waals surface area contributed by atoms with E-state index in [-0.39, 0.29) is 5.56 Å². The molecule has 0 saturated carbocycles. The Kier molecular flexibility index (Phi) is 3.29. The maximum Gasteiger partial charge on any atom is 0.266 e. The van der Waals surface area contributed by atoms with Gasteiger partial charge in [-0.05, 0) is 24.6 Å². The molecule has 0 heterocycles. The fraction of sp³-hybridized carbons (Fsp3) is 0.273. The first kappa shape index (κ1) is 11.1. The summed E-state index contributed by atoms with van der Waals surface area (Å²) in [6.07, 6.45) is 0. The highest BCUT2D eigenvalue weighted by atomic mass is 16.5. The number of nitriles is 1. The number of Topliss-reactive ketones (excluding diaryl/α,β-unsaturated/α-hetero) is 1.